The summed E-state index contributed by atoms with van der Waals surface area (Å²) in [6.45, 7) is 1.27. The van der Waals surface area contributed by atoms with Crippen molar-refractivity contribution in [2.45, 2.75) is 17.7 Å². The van der Waals surface area contributed by atoms with Crippen molar-refractivity contribution in [3.8, 4) is 0 Å². The van der Waals surface area contributed by atoms with Gasteiger partial charge in [-0.15, -0.1) is 11.8 Å². The third-order valence-corrected chi connectivity index (χ3v) is 5.65. The average molecular weight is 345 g/mol. The molecule has 5 heteroatoms. The number of Topliss-reactive ketones (excluding diaryl/α,β-unsaturated/α-hetero) is 1. The zero-order chi connectivity index (χ0) is 16.2. The molecule has 1 aromatic carbocycles. The largest absolute Gasteiger partial charge is 0.338 e. The molecule has 0 spiro atoms. The Kier molecular flexibility index (Phi) is 5.18. The first-order valence-electron chi connectivity index (χ1n) is 7.69. The van der Waals surface area contributed by atoms with Crippen molar-refractivity contribution in [3.63, 3.8) is 0 Å². The lowest BCUT2D eigenvalue weighted by Gasteiger charge is -2.32. The van der Waals surface area contributed by atoms with Crippen LogP contribution < -0.4 is 0 Å². The van der Waals surface area contributed by atoms with E-state index >= 15 is 0 Å². The summed E-state index contributed by atoms with van der Waals surface area (Å²) in [6, 6.07) is 9.60. The molecule has 2 heterocycles. The summed E-state index contributed by atoms with van der Waals surface area (Å²) >= 11 is 3.19. The fraction of sp³-hybridized carbons (Fsp3) is 0.333. The van der Waals surface area contributed by atoms with Gasteiger partial charge in [-0.2, -0.15) is 11.3 Å². The molecule has 120 valence electrons. The summed E-state index contributed by atoms with van der Waals surface area (Å²) < 4.78 is 0. The number of hydrogen-bond donors (Lipinski definition) is 0. The Morgan fingerprint density at radius 3 is 2.61 bits per heavy atom. The van der Waals surface area contributed by atoms with E-state index in [0.29, 0.717) is 6.54 Å². The first kappa shape index (κ1) is 16.3. The highest BCUT2D eigenvalue weighted by atomic mass is 32.2. The Morgan fingerprint density at radius 1 is 1.17 bits per heavy atom. The molecule has 1 fully saturated rings. The van der Waals surface area contributed by atoms with Crippen LogP contribution in [0.25, 0.3) is 0 Å². The number of likely N-dealkylation sites (tertiary alicyclic amines) is 1. The van der Waals surface area contributed by atoms with Crippen molar-refractivity contribution in [1.82, 2.24) is 4.90 Å². The summed E-state index contributed by atoms with van der Waals surface area (Å²) in [6.07, 6.45) is 3.76. The molecule has 0 radical (unpaired) electrons. The van der Waals surface area contributed by atoms with Crippen LogP contribution in [0.2, 0.25) is 0 Å². The molecule has 1 aliphatic rings. The van der Waals surface area contributed by atoms with E-state index in [1.165, 1.54) is 11.3 Å². The molecular formula is C18H19NO2S2. The number of thioether (sulfide) groups is 1. The summed E-state index contributed by atoms with van der Waals surface area (Å²) in [5.41, 5.74) is 1.48. The SMILES string of the molecule is CSc1ccc(C(=O)[C@H]2CCCN(C(=O)c3ccsc3)C2)cc1. The lowest BCUT2D eigenvalue weighted by molar-refractivity contribution is 0.0637. The topological polar surface area (TPSA) is 37.4 Å². The number of rotatable bonds is 4. The summed E-state index contributed by atoms with van der Waals surface area (Å²) in [5.74, 6) is 0.105. The molecule has 3 nitrogen and oxygen atoms in total. The highest BCUT2D eigenvalue weighted by Crippen LogP contribution is 2.24. The minimum Gasteiger partial charge on any atom is -0.338 e. The van der Waals surface area contributed by atoms with Crippen LogP contribution >= 0.6 is 23.1 Å². The first-order valence-corrected chi connectivity index (χ1v) is 9.85. The molecule has 3 rings (SSSR count). The third-order valence-electron chi connectivity index (χ3n) is 4.22. The fourth-order valence-corrected chi connectivity index (χ4v) is 3.97. The van der Waals surface area contributed by atoms with E-state index in [4.69, 9.17) is 0 Å². The van der Waals surface area contributed by atoms with E-state index in [-0.39, 0.29) is 17.6 Å². The minimum atomic E-state index is -0.0912. The Morgan fingerprint density at radius 2 is 1.96 bits per heavy atom. The van der Waals surface area contributed by atoms with Gasteiger partial charge in [0.1, 0.15) is 0 Å². The smallest absolute Gasteiger partial charge is 0.254 e. The van der Waals surface area contributed by atoms with Gasteiger partial charge in [-0.25, -0.2) is 0 Å². The quantitative estimate of drug-likeness (QED) is 0.615. The molecule has 0 saturated carbocycles. The number of thiophene rings is 1. The predicted octanol–water partition coefficient (Wildman–Crippen LogP) is 4.21. The van der Waals surface area contributed by atoms with Gasteiger partial charge in [-0.3, -0.25) is 9.59 Å². The monoisotopic (exact) mass is 345 g/mol. The maximum absolute atomic E-state index is 12.7. The summed E-state index contributed by atoms with van der Waals surface area (Å²) in [4.78, 5) is 28.2. The number of nitrogens with zero attached hydrogens (tertiary/aromatic N) is 1. The van der Waals surface area contributed by atoms with Crippen molar-refractivity contribution in [2.24, 2.45) is 5.92 Å². The molecular weight excluding hydrogens is 326 g/mol. The van der Waals surface area contributed by atoms with Gasteiger partial charge >= 0.3 is 0 Å². The molecule has 23 heavy (non-hydrogen) atoms. The molecule has 1 atom stereocenters. The van der Waals surface area contributed by atoms with Crippen LogP contribution in [0.5, 0.6) is 0 Å². The second kappa shape index (κ2) is 7.32. The summed E-state index contributed by atoms with van der Waals surface area (Å²) in [7, 11) is 0. The zero-order valence-corrected chi connectivity index (χ0v) is 14.7. The van der Waals surface area contributed by atoms with Gasteiger partial charge in [-0.05, 0) is 42.7 Å². The van der Waals surface area contributed by atoms with Crippen LogP contribution in [0.3, 0.4) is 0 Å². The van der Waals surface area contributed by atoms with Gasteiger partial charge in [0.05, 0.1) is 5.56 Å². The number of carbonyl (C=O) groups excluding carboxylic acids is 2. The maximum atomic E-state index is 12.7. The van der Waals surface area contributed by atoms with Crippen LogP contribution in [-0.2, 0) is 0 Å². The van der Waals surface area contributed by atoms with Gasteiger partial charge in [0.25, 0.3) is 5.91 Å². The number of hydrogen-bond acceptors (Lipinski definition) is 4. The van der Waals surface area contributed by atoms with E-state index in [0.717, 1.165) is 35.4 Å². The van der Waals surface area contributed by atoms with Crippen molar-refractivity contribution >= 4 is 34.8 Å². The molecule has 0 bridgehead atoms. The Bertz CT molecular complexity index is 680. The molecule has 1 aliphatic heterocycles. The number of amides is 1. The highest BCUT2D eigenvalue weighted by molar-refractivity contribution is 7.98. The average Bonchev–Trinajstić information content (AvgIpc) is 3.15. The molecule has 2 aromatic rings. The second-order valence-electron chi connectivity index (χ2n) is 5.70. The Balaban J connectivity index is 1.70. The van der Waals surface area contributed by atoms with Crippen molar-refractivity contribution < 1.29 is 9.59 Å². The molecule has 0 N–H and O–H groups in total. The van der Waals surface area contributed by atoms with Gasteiger partial charge in [0.2, 0.25) is 0 Å². The van der Waals surface area contributed by atoms with E-state index in [2.05, 4.69) is 0 Å². The molecule has 1 saturated heterocycles. The lowest BCUT2D eigenvalue weighted by atomic mass is 9.90. The molecule has 1 amide bonds. The maximum Gasteiger partial charge on any atom is 0.254 e. The predicted molar refractivity (Wildman–Crippen MR) is 95.5 cm³/mol. The Labute approximate surface area is 144 Å². The van der Waals surface area contributed by atoms with Crippen LogP contribution in [0, 0.1) is 5.92 Å². The fourth-order valence-electron chi connectivity index (χ4n) is 2.94. The van der Waals surface area contributed by atoms with Gasteiger partial charge < -0.3 is 4.90 Å². The Hall–Kier alpha value is -1.59. The zero-order valence-electron chi connectivity index (χ0n) is 13.0. The van der Waals surface area contributed by atoms with E-state index in [9.17, 15) is 9.59 Å². The second-order valence-corrected chi connectivity index (χ2v) is 7.35. The van der Waals surface area contributed by atoms with Gasteiger partial charge in [0.15, 0.2) is 5.78 Å². The van der Waals surface area contributed by atoms with E-state index in [1.54, 1.807) is 11.8 Å². The van der Waals surface area contributed by atoms with Crippen LogP contribution in [0.1, 0.15) is 33.6 Å². The lowest BCUT2D eigenvalue weighted by Crippen LogP contribution is -2.42. The molecule has 0 unspecified atom stereocenters. The van der Waals surface area contributed by atoms with Gasteiger partial charge in [-0.1, -0.05) is 12.1 Å². The van der Waals surface area contributed by atoms with Crippen molar-refractivity contribution in [1.29, 1.82) is 0 Å². The minimum absolute atomic E-state index is 0.0430. The van der Waals surface area contributed by atoms with E-state index < -0.39 is 0 Å². The first-order chi connectivity index (χ1) is 11.2. The number of benzene rings is 1. The van der Waals surface area contributed by atoms with Gasteiger partial charge in [0, 0.05) is 34.8 Å². The van der Waals surface area contributed by atoms with Crippen molar-refractivity contribution in [3.05, 3.63) is 52.2 Å². The summed E-state index contributed by atoms with van der Waals surface area (Å²) in [5, 5.41) is 3.78. The van der Waals surface area contributed by atoms with E-state index in [1.807, 2.05) is 52.2 Å². The van der Waals surface area contributed by atoms with Crippen LogP contribution in [0.15, 0.2) is 46.0 Å². The molecule has 0 aliphatic carbocycles. The van der Waals surface area contributed by atoms with Crippen molar-refractivity contribution in [2.75, 3.05) is 19.3 Å². The number of piperidine rings is 1. The highest BCUT2D eigenvalue weighted by Gasteiger charge is 2.29. The third kappa shape index (κ3) is 3.67. The molecule has 1 aromatic heterocycles. The van der Waals surface area contributed by atoms with Crippen LogP contribution in [0.4, 0.5) is 0 Å². The number of ketones is 1. The normalized spacial score (nSPS) is 18.0. The van der Waals surface area contributed by atoms with Crippen LogP contribution in [-0.4, -0.2) is 35.9 Å². The standard InChI is InChI=1S/C18H19NO2S2/c1-22-16-6-4-13(5-7-16)17(20)14-3-2-9-19(11-14)18(21)15-8-10-23-12-15/h4-8,10,12,14H,2-3,9,11H2,1H3/t14-/m0/s1. The number of carbonyl (C=O) groups is 2.